The lowest BCUT2D eigenvalue weighted by Gasteiger charge is -2.03. The van der Waals surface area contributed by atoms with Crippen molar-refractivity contribution >= 4 is 12.1 Å². The Morgan fingerprint density at radius 1 is 1.23 bits per heavy atom. The van der Waals surface area contributed by atoms with Crippen LogP contribution < -0.4 is 5.32 Å². The summed E-state index contributed by atoms with van der Waals surface area (Å²) >= 11 is 0. The minimum atomic E-state index is -0.152. The quantitative estimate of drug-likeness (QED) is 0.545. The lowest BCUT2D eigenvalue weighted by molar-refractivity contribution is 0.0947. The first-order chi connectivity index (χ1) is 12.7. The lowest BCUT2D eigenvalue weighted by Crippen LogP contribution is -2.22. The first-order valence-electron chi connectivity index (χ1n) is 8.13. The molecule has 1 N–H and O–H groups in total. The van der Waals surface area contributed by atoms with Crippen LogP contribution in [0.15, 0.2) is 64.3 Å². The summed E-state index contributed by atoms with van der Waals surface area (Å²) in [5, 5.41) is 10.6. The molecule has 0 saturated heterocycles. The molecule has 0 unspecified atom stereocenters. The Balaban J connectivity index is 1.65. The molecule has 0 aliphatic heterocycles. The number of nitrogens with zero attached hydrogens (tertiary/aromatic N) is 2. The summed E-state index contributed by atoms with van der Waals surface area (Å²) in [5.74, 6) is 0.428. The Kier molecular flexibility index (Phi) is 5.43. The van der Waals surface area contributed by atoms with Gasteiger partial charge in [0.1, 0.15) is 12.8 Å². The van der Waals surface area contributed by atoms with Crippen LogP contribution in [0, 0.1) is 6.92 Å². The maximum absolute atomic E-state index is 12.2. The fourth-order valence-corrected chi connectivity index (χ4v) is 2.40. The first kappa shape index (κ1) is 17.4. The minimum Gasteiger partial charge on any atom is -0.399 e. The Hall–Kier alpha value is -3.41. The van der Waals surface area contributed by atoms with Crippen LogP contribution in [0.25, 0.3) is 11.3 Å². The fraction of sp³-hybridized carbons (Fsp3) is 0.150. The number of hydrogen-bond acceptors (Lipinski definition) is 5. The summed E-state index contributed by atoms with van der Waals surface area (Å²) in [7, 11) is 1.50. The van der Waals surface area contributed by atoms with E-state index in [0.29, 0.717) is 17.0 Å². The number of carbonyl (C=O) groups excluding carboxylic acids is 1. The molecule has 6 heteroatoms. The van der Waals surface area contributed by atoms with Crippen LogP contribution >= 0.6 is 0 Å². The molecule has 0 spiro atoms. The molecule has 0 bridgehead atoms. The van der Waals surface area contributed by atoms with Crippen LogP contribution in [0.5, 0.6) is 0 Å². The maximum Gasteiger partial charge on any atom is 0.251 e. The van der Waals surface area contributed by atoms with Crippen molar-refractivity contribution in [2.45, 2.75) is 13.5 Å². The predicted molar refractivity (Wildman–Crippen MR) is 98.9 cm³/mol. The van der Waals surface area contributed by atoms with Gasteiger partial charge in [0.05, 0.1) is 12.8 Å². The van der Waals surface area contributed by atoms with E-state index in [1.165, 1.54) is 7.11 Å². The number of nitrogens with one attached hydrogen (secondary N) is 1. The first-order valence-corrected chi connectivity index (χ1v) is 8.13. The van der Waals surface area contributed by atoms with Gasteiger partial charge in [0.25, 0.3) is 5.91 Å². The number of aromatic nitrogens is 1. The molecule has 0 fully saturated rings. The number of rotatable bonds is 6. The summed E-state index contributed by atoms with van der Waals surface area (Å²) in [5.41, 5.74) is 4.20. The van der Waals surface area contributed by atoms with Gasteiger partial charge in [0.15, 0.2) is 5.76 Å². The summed E-state index contributed by atoms with van der Waals surface area (Å²) in [4.78, 5) is 16.8. The van der Waals surface area contributed by atoms with Crippen LogP contribution in [-0.4, -0.2) is 24.4 Å². The van der Waals surface area contributed by atoms with Crippen molar-refractivity contribution in [2.75, 3.05) is 7.11 Å². The summed E-state index contributed by atoms with van der Waals surface area (Å²) in [6, 6.07) is 16.9. The molecular formula is C20H19N3O3. The Labute approximate surface area is 151 Å². The summed E-state index contributed by atoms with van der Waals surface area (Å²) in [6.07, 6.45) is 1.62. The van der Waals surface area contributed by atoms with Crippen molar-refractivity contribution in [3.05, 3.63) is 77.0 Å². The van der Waals surface area contributed by atoms with Gasteiger partial charge in [-0.1, -0.05) is 46.2 Å². The van der Waals surface area contributed by atoms with Crippen molar-refractivity contribution < 1.29 is 14.2 Å². The van der Waals surface area contributed by atoms with E-state index in [-0.39, 0.29) is 12.5 Å². The van der Waals surface area contributed by atoms with Crippen molar-refractivity contribution in [3.8, 4) is 11.3 Å². The predicted octanol–water partition coefficient (Wildman–Crippen LogP) is 3.56. The SMILES string of the molecule is CON=Cc1cccc(-c2cc(CNC(=O)c3ccc(C)cc3)on2)c1. The van der Waals surface area contributed by atoms with E-state index in [1.807, 2.05) is 49.4 Å². The molecule has 0 atom stereocenters. The average molecular weight is 349 g/mol. The molecule has 0 aliphatic carbocycles. The molecule has 132 valence electrons. The molecule has 0 aliphatic rings. The van der Waals surface area contributed by atoms with Crippen molar-refractivity contribution in [1.82, 2.24) is 10.5 Å². The zero-order chi connectivity index (χ0) is 18.4. The largest absolute Gasteiger partial charge is 0.399 e. The fourth-order valence-electron chi connectivity index (χ4n) is 2.40. The van der Waals surface area contributed by atoms with Crippen LogP contribution in [0.4, 0.5) is 0 Å². The number of carbonyl (C=O) groups is 1. The van der Waals surface area contributed by atoms with Gasteiger partial charge in [-0.25, -0.2) is 0 Å². The second kappa shape index (κ2) is 8.11. The summed E-state index contributed by atoms with van der Waals surface area (Å²) in [6.45, 7) is 2.25. The highest BCUT2D eigenvalue weighted by Gasteiger charge is 2.10. The van der Waals surface area contributed by atoms with E-state index >= 15 is 0 Å². The molecule has 3 aromatic rings. The van der Waals surface area contributed by atoms with Gasteiger partial charge >= 0.3 is 0 Å². The van der Waals surface area contributed by atoms with E-state index in [4.69, 9.17) is 4.52 Å². The lowest BCUT2D eigenvalue weighted by atomic mass is 10.1. The molecule has 3 rings (SSSR count). The van der Waals surface area contributed by atoms with Gasteiger partial charge in [0, 0.05) is 17.2 Å². The standard InChI is InChI=1S/C20H19N3O3/c1-14-6-8-16(9-7-14)20(24)21-13-18-11-19(23-26-18)17-5-3-4-15(10-17)12-22-25-2/h3-12H,13H2,1-2H3,(H,21,24). The molecule has 6 nitrogen and oxygen atoms in total. The third-order valence-electron chi connectivity index (χ3n) is 3.79. The second-order valence-corrected chi connectivity index (χ2v) is 5.77. The molecule has 1 aromatic heterocycles. The zero-order valence-electron chi connectivity index (χ0n) is 14.6. The van der Waals surface area contributed by atoms with E-state index < -0.39 is 0 Å². The van der Waals surface area contributed by atoms with E-state index in [9.17, 15) is 4.79 Å². The van der Waals surface area contributed by atoms with Crippen LogP contribution in [0.1, 0.15) is 27.2 Å². The molecule has 0 radical (unpaired) electrons. The topological polar surface area (TPSA) is 76.7 Å². The normalized spacial score (nSPS) is 10.8. The van der Waals surface area contributed by atoms with Crippen LogP contribution in [0.3, 0.4) is 0 Å². The number of hydrogen-bond donors (Lipinski definition) is 1. The second-order valence-electron chi connectivity index (χ2n) is 5.77. The van der Waals surface area contributed by atoms with Crippen molar-refractivity contribution in [2.24, 2.45) is 5.16 Å². The molecule has 1 amide bonds. The number of benzene rings is 2. The number of amides is 1. The van der Waals surface area contributed by atoms with Gasteiger partial charge in [-0.05, 0) is 30.7 Å². The van der Waals surface area contributed by atoms with Gasteiger partial charge in [-0.2, -0.15) is 0 Å². The van der Waals surface area contributed by atoms with Gasteiger partial charge < -0.3 is 14.7 Å². The van der Waals surface area contributed by atoms with E-state index in [0.717, 1.165) is 16.7 Å². The molecule has 1 heterocycles. The van der Waals surface area contributed by atoms with Crippen molar-refractivity contribution in [3.63, 3.8) is 0 Å². The monoisotopic (exact) mass is 349 g/mol. The maximum atomic E-state index is 12.2. The third kappa shape index (κ3) is 4.36. The third-order valence-corrected chi connectivity index (χ3v) is 3.79. The highest BCUT2D eigenvalue weighted by molar-refractivity contribution is 5.94. The highest BCUT2D eigenvalue weighted by atomic mass is 16.6. The van der Waals surface area contributed by atoms with Gasteiger partial charge in [-0.3, -0.25) is 4.79 Å². The highest BCUT2D eigenvalue weighted by Crippen LogP contribution is 2.20. The zero-order valence-corrected chi connectivity index (χ0v) is 14.6. The minimum absolute atomic E-state index is 0.152. The molecule has 2 aromatic carbocycles. The van der Waals surface area contributed by atoms with Gasteiger partial charge in [-0.15, -0.1) is 0 Å². The van der Waals surface area contributed by atoms with Gasteiger partial charge in [0.2, 0.25) is 0 Å². The van der Waals surface area contributed by atoms with Crippen molar-refractivity contribution in [1.29, 1.82) is 0 Å². The van der Waals surface area contributed by atoms with Crippen LogP contribution in [0.2, 0.25) is 0 Å². The van der Waals surface area contributed by atoms with Crippen LogP contribution in [-0.2, 0) is 11.4 Å². The molecule has 0 saturated carbocycles. The number of aryl methyl sites for hydroxylation is 1. The Morgan fingerprint density at radius 3 is 2.81 bits per heavy atom. The summed E-state index contributed by atoms with van der Waals surface area (Å²) < 4.78 is 5.32. The van der Waals surface area contributed by atoms with E-state index in [2.05, 4.69) is 20.5 Å². The molecule has 26 heavy (non-hydrogen) atoms. The average Bonchev–Trinajstić information content (AvgIpc) is 3.14. The Bertz CT molecular complexity index is 914. The molecular weight excluding hydrogens is 330 g/mol. The number of oxime groups is 1. The Morgan fingerprint density at radius 2 is 2.04 bits per heavy atom. The van der Waals surface area contributed by atoms with E-state index in [1.54, 1.807) is 18.3 Å². The smallest absolute Gasteiger partial charge is 0.251 e.